The lowest BCUT2D eigenvalue weighted by Gasteiger charge is -2.41. The lowest BCUT2D eigenvalue weighted by atomic mass is 9.68. The van der Waals surface area contributed by atoms with Crippen LogP contribution in [0, 0.1) is 12.3 Å². The van der Waals surface area contributed by atoms with Crippen molar-refractivity contribution >= 4 is 11.8 Å². The number of aromatic nitrogens is 1. The van der Waals surface area contributed by atoms with E-state index in [-0.39, 0.29) is 17.7 Å². The number of piperidine rings is 1. The van der Waals surface area contributed by atoms with E-state index in [1.54, 1.807) is 6.20 Å². The number of carbonyl (C=O) groups excluding carboxylic acids is 2. The van der Waals surface area contributed by atoms with Gasteiger partial charge in [-0.05, 0) is 37.5 Å². The molecule has 0 bridgehead atoms. The molecule has 3 heterocycles. The summed E-state index contributed by atoms with van der Waals surface area (Å²) in [7, 11) is 0. The number of hydrogen-bond donors (Lipinski definition) is 1. The highest BCUT2D eigenvalue weighted by Gasteiger charge is 2.52. The number of benzene rings is 1. The highest BCUT2D eigenvalue weighted by molar-refractivity contribution is 5.94. The van der Waals surface area contributed by atoms with Crippen LogP contribution in [0.4, 0.5) is 0 Å². The second-order valence-electron chi connectivity index (χ2n) is 7.31. The van der Waals surface area contributed by atoms with Crippen LogP contribution in [0.15, 0.2) is 48.7 Å². The van der Waals surface area contributed by atoms with Crippen LogP contribution in [0.3, 0.4) is 0 Å². The van der Waals surface area contributed by atoms with E-state index in [4.69, 9.17) is 0 Å². The number of rotatable bonds is 2. The zero-order chi connectivity index (χ0) is 18.1. The predicted octanol–water partition coefficient (Wildman–Crippen LogP) is 2.53. The molecule has 2 saturated heterocycles. The van der Waals surface area contributed by atoms with Crippen molar-refractivity contribution in [2.24, 2.45) is 5.41 Å². The second-order valence-corrected chi connectivity index (χ2v) is 7.31. The molecular formula is C21H23N3O2. The maximum Gasteiger partial charge on any atom is 0.255 e. The Kier molecular flexibility index (Phi) is 4.23. The van der Waals surface area contributed by atoms with Gasteiger partial charge in [0, 0.05) is 37.4 Å². The molecule has 2 aliphatic rings. The van der Waals surface area contributed by atoms with Crippen molar-refractivity contribution in [1.29, 1.82) is 0 Å². The third-order valence-corrected chi connectivity index (χ3v) is 5.89. The van der Waals surface area contributed by atoms with E-state index in [1.165, 1.54) is 5.56 Å². The van der Waals surface area contributed by atoms with Gasteiger partial charge >= 0.3 is 0 Å². The van der Waals surface area contributed by atoms with Crippen LogP contribution < -0.4 is 5.32 Å². The molecule has 5 nitrogen and oxygen atoms in total. The van der Waals surface area contributed by atoms with Crippen LogP contribution in [-0.4, -0.2) is 41.3 Å². The minimum atomic E-state index is -0.399. The van der Waals surface area contributed by atoms with Gasteiger partial charge < -0.3 is 10.2 Å². The van der Waals surface area contributed by atoms with Gasteiger partial charge in [-0.15, -0.1) is 0 Å². The third-order valence-electron chi connectivity index (χ3n) is 5.89. The van der Waals surface area contributed by atoms with E-state index < -0.39 is 5.41 Å². The first-order chi connectivity index (χ1) is 12.6. The summed E-state index contributed by atoms with van der Waals surface area (Å²) >= 11 is 0. The minimum Gasteiger partial charge on any atom is -0.355 e. The molecule has 2 aromatic rings. The Morgan fingerprint density at radius 2 is 1.88 bits per heavy atom. The van der Waals surface area contributed by atoms with Crippen molar-refractivity contribution in [2.75, 3.05) is 19.6 Å². The molecule has 1 spiro atoms. The van der Waals surface area contributed by atoms with Gasteiger partial charge in [-0.3, -0.25) is 14.6 Å². The van der Waals surface area contributed by atoms with E-state index in [9.17, 15) is 9.59 Å². The van der Waals surface area contributed by atoms with Gasteiger partial charge in [0.15, 0.2) is 0 Å². The molecule has 5 heteroatoms. The summed E-state index contributed by atoms with van der Waals surface area (Å²) in [5.41, 5.74) is 2.31. The molecule has 0 saturated carbocycles. The number of pyridine rings is 1. The Balaban J connectivity index is 1.52. The average molecular weight is 349 g/mol. The predicted molar refractivity (Wildman–Crippen MR) is 98.7 cm³/mol. The van der Waals surface area contributed by atoms with Gasteiger partial charge in [-0.1, -0.05) is 30.3 Å². The first-order valence-electron chi connectivity index (χ1n) is 9.15. The minimum absolute atomic E-state index is 0.00187. The van der Waals surface area contributed by atoms with Crippen molar-refractivity contribution in [1.82, 2.24) is 15.2 Å². The number of carbonyl (C=O) groups is 2. The molecule has 2 amide bonds. The van der Waals surface area contributed by atoms with Gasteiger partial charge in [0.25, 0.3) is 5.91 Å². The molecule has 1 unspecified atom stereocenters. The SMILES string of the molecule is Cc1ccc(C(=O)N2CCC3(CC2)C(=O)NCC3c2ccccc2)cn1. The molecule has 0 aliphatic carbocycles. The Hall–Kier alpha value is -2.69. The van der Waals surface area contributed by atoms with Crippen molar-refractivity contribution in [3.8, 4) is 0 Å². The van der Waals surface area contributed by atoms with Gasteiger partial charge in [0.2, 0.25) is 5.91 Å². The van der Waals surface area contributed by atoms with Crippen LogP contribution in [0.2, 0.25) is 0 Å². The van der Waals surface area contributed by atoms with Crippen LogP contribution in [-0.2, 0) is 4.79 Å². The van der Waals surface area contributed by atoms with Crippen LogP contribution in [0.25, 0.3) is 0 Å². The van der Waals surface area contributed by atoms with Crippen LogP contribution in [0.5, 0.6) is 0 Å². The number of aryl methyl sites for hydroxylation is 1. The standard InChI is InChI=1S/C21H23N3O2/c1-15-7-8-17(13-22-15)19(25)24-11-9-21(10-12-24)18(14-23-20(21)26)16-5-3-2-4-6-16/h2-8,13,18H,9-12,14H2,1H3,(H,23,26). The maximum absolute atomic E-state index is 12.7. The van der Waals surface area contributed by atoms with Gasteiger partial charge in [-0.25, -0.2) is 0 Å². The lowest BCUT2D eigenvalue weighted by Crippen LogP contribution is -2.47. The molecule has 1 aromatic carbocycles. The third kappa shape index (κ3) is 2.77. The normalized spacial score (nSPS) is 21.7. The first-order valence-corrected chi connectivity index (χ1v) is 9.15. The quantitative estimate of drug-likeness (QED) is 0.906. The van der Waals surface area contributed by atoms with Crippen molar-refractivity contribution < 1.29 is 9.59 Å². The number of nitrogens with one attached hydrogen (secondary N) is 1. The van der Waals surface area contributed by atoms with Crippen molar-refractivity contribution in [3.63, 3.8) is 0 Å². The highest BCUT2D eigenvalue weighted by atomic mass is 16.2. The number of hydrogen-bond acceptors (Lipinski definition) is 3. The second kappa shape index (κ2) is 6.56. The first kappa shape index (κ1) is 16.8. The van der Waals surface area contributed by atoms with E-state index in [0.29, 0.717) is 38.0 Å². The maximum atomic E-state index is 12.7. The van der Waals surface area contributed by atoms with Gasteiger partial charge in [-0.2, -0.15) is 0 Å². The van der Waals surface area contributed by atoms with E-state index in [1.807, 2.05) is 42.2 Å². The molecular weight excluding hydrogens is 326 g/mol. The van der Waals surface area contributed by atoms with E-state index in [2.05, 4.69) is 22.4 Å². The van der Waals surface area contributed by atoms with E-state index >= 15 is 0 Å². The van der Waals surface area contributed by atoms with Crippen LogP contribution >= 0.6 is 0 Å². The fourth-order valence-electron chi connectivity index (χ4n) is 4.31. The van der Waals surface area contributed by atoms with E-state index in [0.717, 1.165) is 5.69 Å². The molecule has 4 rings (SSSR count). The molecule has 2 fully saturated rings. The smallest absolute Gasteiger partial charge is 0.255 e. The zero-order valence-corrected chi connectivity index (χ0v) is 14.9. The summed E-state index contributed by atoms with van der Waals surface area (Å²) in [6.45, 7) is 3.78. The topological polar surface area (TPSA) is 62.3 Å². The summed E-state index contributed by atoms with van der Waals surface area (Å²) in [5, 5.41) is 3.06. The van der Waals surface area contributed by atoms with Crippen molar-refractivity contribution in [3.05, 3.63) is 65.5 Å². The van der Waals surface area contributed by atoms with Gasteiger partial charge in [0.05, 0.1) is 11.0 Å². The lowest BCUT2D eigenvalue weighted by molar-refractivity contribution is -0.130. The number of nitrogens with zero attached hydrogens (tertiary/aromatic N) is 2. The summed E-state index contributed by atoms with van der Waals surface area (Å²) in [6, 6.07) is 13.9. The van der Waals surface area contributed by atoms with Crippen molar-refractivity contribution in [2.45, 2.75) is 25.7 Å². The Bertz CT molecular complexity index is 809. The molecule has 1 N–H and O–H groups in total. The molecule has 1 aromatic heterocycles. The molecule has 1 atom stereocenters. The largest absolute Gasteiger partial charge is 0.355 e. The Morgan fingerprint density at radius 1 is 1.15 bits per heavy atom. The molecule has 26 heavy (non-hydrogen) atoms. The summed E-state index contributed by atoms with van der Waals surface area (Å²) in [6.07, 6.45) is 3.03. The highest BCUT2D eigenvalue weighted by Crippen LogP contribution is 2.47. The summed E-state index contributed by atoms with van der Waals surface area (Å²) in [4.78, 5) is 31.5. The molecule has 2 aliphatic heterocycles. The Labute approximate surface area is 153 Å². The fourth-order valence-corrected chi connectivity index (χ4v) is 4.31. The number of amides is 2. The Morgan fingerprint density at radius 3 is 2.54 bits per heavy atom. The molecule has 134 valence electrons. The monoisotopic (exact) mass is 349 g/mol. The summed E-state index contributed by atoms with van der Waals surface area (Å²) < 4.78 is 0. The summed E-state index contributed by atoms with van der Waals surface area (Å²) in [5.74, 6) is 0.312. The number of likely N-dealkylation sites (tertiary alicyclic amines) is 1. The average Bonchev–Trinajstić information content (AvgIpc) is 2.99. The molecule has 0 radical (unpaired) electrons. The zero-order valence-electron chi connectivity index (χ0n) is 14.9. The van der Waals surface area contributed by atoms with Crippen LogP contribution in [0.1, 0.15) is 40.4 Å². The fraction of sp³-hybridized carbons (Fsp3) is 0.381. The van der Waals surface area contributed by atoms with Gasteiger partial charge in [0.1, 0.15) is 0 Å².